The van der Waals surface area contributed by atoms with Gasteiger partial charge in [0.1, 0.15) is 0 Å². The molecule has 0 aliphatic carbocycles. The van der Waals surface area contributed by atoms with Crippen LogP contribution in [0.3, 0.4) is 0 Å². The Morgan fingerprint density at radius 1 is 0.275 bits per heavy atom. The van der Waals surface area contributed by atoms with E-state index in [2.05, 4.69) is 121 Å². The Morgan fingerprint density at radius 2 is 0.608 bits per heavy atom. The molecule has 0 atom stereocenters. The van der Waals surface area contributed by atoms with Crippen molar-refractivity contribution >= 4 is 65.2 Å². The molecule has 0 N–H and O–H groups in total. The van der Waals surface area contributed by atoms with Crippen LogP contribution in [0.4, 0.5) is 0 Å². The highest BCUT2D eigenvalue weighted by Gasteiger charge is 2.13. The van der Waals surface area contributed by atoms with Crippen LogP contribution in [0.5, 0.6) is 0 Å². The van der Waals surface area contributed by atoms with Crippen molar-refractivity contribution in [2.45, 2.75) is 96.3 Å². The molecule has 256 valence electrons. The monoisotopic (exact) mass is 666 g/mol. The summed E-state index contributed by atoms with van der Waals surface area (Å²) in [5.74, 6) is 0. The summed E-state index contributed by atoms with van der Waals surface area (Å²) in [6, 6.07) is 43.9. The molecule has 6 aromatic carbocycles. The van der Waals surface area contributed by atoms with Gasteiger partial charge >= 0.3 is 0 Å². The number of rotatable bonds is 16. The molecule has 0 unspecified atom stereocenters. The molecule has 8 aromatic rings. The van der Waals surface area contributed by atoms with E-state index in [-0.39, 0.29) is 0 Å². The van der Waals surface area contributed by atoms with Crippen LogP contribution in [-0.4, -0.2) is 9.97 Å². The molecule has 2 heterocycles. The van der Waals surface area contributed by atoms with Crippen molar-refractivity contribution < 1.29 is 0 Å². The van der Waals surface area contributed by atoms with E-state index in [0.29, 0.717) is 0 Å². The lowest BCUT2D eigenvalue weighted by atomic mass is 9.95. The Morgan fingerprint density at radius 3 is 1.02 bits per heavy atom. The third-order valence-corrected chi connectivity index (χ3v) is 11.2. The number of benzene rings is 6. The van der Waals surface area contributed by atoms with Gasteiger partial charge in [-0.3, -0.25) is 0 Å². The lowest BCUT2D eigenvalue weighted by Gasteiger charge is -2.13. The quantitative estimate of drug-likeness (QED) is 0.0583. The van der Waals surface area contributed by atoms with Crippen LogP contribution in [0, 0.1) is 0 Å². The third-order valence-electron chi connectivity index (χ3n) is 11.2. The van der Waals surface area contributed by atoms with Gasteiger partial charge in [-0.15, -0.1) is 0 Å². The number of nitrogens with zero attached hydrogens (tertiary/aromatic N) is 2. The van der Waals surface area contributed by atoms with Crippen LogP contribution < -0.4 is 0 Å². The van der Waals surface area contributed by atoms with E-state index in [1.54, 1.807) is 0 Å². The molecule has 0 aliphatic rings. The average molecular weight is 667 g/mol. The van der Waals surface area contributed by atoms with E-state index >= 15 is 0 Å². The zero-order chi connectivity index (χ0) is 34.2. The molecule has 0 amide bonds. The Labute approximate surface area is 302 Å². The number of fused-ring (bicyclic) bond motifs is 8. The molecule has 0 radical (unpaired) electrons. The Kier molecular flexibility index (Phi) is 10.5. The summed E-state index contributed by atoms with van der Waals surface area (Å²) in [7, 11) is 0. The second-order valence-corrected chi connectivity index (χ2v) is 14.7. The molecular weight excluding hydrogens is 617 g/mol. The molecule has 2 heteroatoms. The molecule has 2 nitrogen and oxygen atoms in total. The van der Waals surface area contributed by atoms with Crippen LogP contribution in [0.1, 0.15) is 94.6 Å². The summed E-state index contributed by atoms with van der Waals surface area (Å²) >= 11 is 0. The van der Waals surface area contributed by atoms with Crippen molar-refractivity contribution in [3.63, 3.8) is 0 Å². The molecule has 2 aromatic heterocycles. The Balaban J connectivity index is 0.735. The first-order valence-electron chi connectivity index (χ1n) is 19.7. The normalized spacial score (nSPS) is 11.9. The van der Waals surface area contributed by atoms with Crippen LogP contribution in [-0.2, 0) is 12.8 Å². The number of pyridine rings is 2. The topological polar surface area (TPSA) is 25.8 Å². The van der Waals surface area contributed by atoms with Gasteiger partial charge in [0.25, 0.3) is 0 Å². The minimum absolute atomic E-state index is 1.12. The number of para-hydroxylation sites is 2. The predicted molar refractivity (Wildman–Crippen MR) is 221 cm³/mol. The summed E-state index contributed by atoms with van der Waals surface area (Å²) in [4.78, 5) is 10.2. The fourth-order valence-corrected chi connectivity index (χ4v) is 8.51. The van der Waals surface area contributed by atoms with Crippen LogP contribution in [0.15, 0.2) is 121 Å². The minimum Gasteiger partial charge on any atom is -0.247 e. The van der Waals surface area contributed by atoms with Crippen LogP contribution >= 0.6 is 0 Å². The largest absolute Gasteiger partial charge is 0.247 e. The Hall–Kier alpha value is -4.82. The highest BCUT2D eigenvalue weighted by atomic mass is 14.7. The van der Waals surface area contributed by atoms with Crippen molar-refractivity contribution in [1.82, 2.24) is 9.97 Å². The van der Waals surface area contributed by atoms with Gasteiger partial charge in [-0.05, 0) is 59.7 Å². The first-order chi connectivity index (χ1) is 25.3. The zero-order valence-corrected chi connectivity index (χ0v) is 30.0. The SMILES string of the molecule is c1ccc2c(c1)ccc1c(CCCCCCCCCCCCCCCc3c4ccccc4nc4c3ccc3ccccc34)c3ccccc3nc12. The van der Waals surface area contributed by atoms with E-state index in [0.717, 1.165) is 34.9 Å². The number of hydrogen-bond donors (Lipinski definition) is 0. The fraction of sp³-hybridized carbons (Fsp3) is 0.306. The number of aryl methyl sites for hydroxylation is 2. The molecule has 0 saturated heterocycles. The molecule has 0 spiro atoms. The molecular formula is C49H50N2. The molecule has 0 fully saturated rings. The molecule has 0 bridgehead atoms. The highest BCUT2D eigenvalue weighted by molar-refractivity contribution is 6.11. The van der Waals surface area contributed by atoms with E-state index in [1.165, 1.54) is 138 Å². The molecule has 51 heavy (non-hydrogen) atoms. The lowest BCUT2D eigenvalue weighted by molar-refractivity contribution is 0.537. The summed E-state index contributed by atoms with van der Waals surface area (Å²) in [5, 5.41) is 10.4. The minimum atomic E-state index is 1.12. The standard InChI is InChI=1S/C49H50N2/c1(2-4-6-8-10-12-26-40-42-28-18-20-30-46(42)50-48-38-24-16-14-22-36(38)32-34-44(40)48)3-5-7-9-11-13-27-41-43-29-19-21-31-47(43)51-49-39-25-17-15-23-37(39)33-35-45(41)49/h14-25,28-35H,1-13,26-27H2. The summed E-state index contributed by atoms with van der Waals surface area (Å²) in [5.41, 5.74) is 7.52. The maximum atomic E-state index is 5.12. The van der Waals surface area contributed by atoms with Crippen LogP contribution in [0.2, 0.25) is 0 Å². The molecule has 8 rings (SSSR count). The predicted octanol–water partition coefficient (Wildman–Crippen LogP) is 14.3. The van der Waals surface area contributed by atoms with Crippen molar-refractivity contribution in [3.8, 4) is 0 Å². The zero-order valence-electron chi connectivity index (χ0n) is 30.0. The van der Waals surface area contributed by atoms with Gasteiger partial charge in [0.2, 0.25) is 0 Å². The fourth-order valence-electron chi connectivity index (χ4n) is 8.51. The van der Waals surface area contributed by atoms with Crippen molar-refractivity contribution in [2.24, 2.45) is 0 Å². The average Bonchev–Trinajstić information content (AvgIpc) is 3.18. The molecule has 0 saturated carbocycles. The number of hydrogen-bond acceptors (Lipinski definition) is 2. The third kappa shape index (κ3) is 7.33. The summed E-state index contributed by atoms with van der Waals surface area (Å²) in [6.07, 6.45) is 19.8. The number of unbranched alkanes of at least 4 members (excludes halogenated alkanes) is 12. The van der Waals surface area contributed by atoms with Crippen molar-refractivity contribution in [3.05, 3.63) is 132 Å². The van der Waals surface area contributed by atoms with Gasteiger partial charge in [0, 0.05) is 32.3 Å². The van der Waals surface area contributed by atoms with Crippen molar-refractivity contribution in [1.29, 1.82) is 0 Å². The summed E-state index contributed by atoms with van der Waals surface area (Å²) < 4.78 is 0. The van der Waals surface area contributed by atoms with E-state index in [1.807, 2.05) is 0 Å². The summed E-state index contributed by atoms with van der Waals surface area (Å²) in [6.45, 7) is 0. The second kappa shape index (κ2) is 16.0. The van der Waals surface area contributed by atoms with Gasteiger partial charge < -0.3 is 0 Å². The van der Waals surface area contributed by atoms with Gasteiger partial charge in [-0.2, -0.15) is 0 Å². The van der Waals surface area contributed by atoms with E-state index in [4.69, 9.17) is 9.97 Å². The smallest absolute Gasteiger partial charge is 0.0790 e. The first-order valence-corrected chi connectivity index (χ1v) is 19.7. The van der Waals surface area contributed by atoms with Gasteiger partial charge in [-0.25, -0.2) is 9.97 Å². The van der Waals surface area contributed by atoms with Gasteiger partial charge in [0.05, 0.1) is 22.1 Å². The maximum Gasteiger partial charge on any atom is 0.0790 e. The maximum absolute atomic E-state index is 5.12. The van der Waals surface area contributed by atoms with Crippen LogP contribution in [0.25, 0.3) is 65.2 Å². The van der Waals surface area contributed by atoms with E-state index in [9.17, 15) is 0 Å². The van der Waals surface area contributed by atoms with E-state index < -0.39 is 0 Å². The second-order valence-electron chi connectivity index (χ2n) is 14.7. The van der Waals surface area contributed by atoms with Gasteiger partial charge in [0.15, 0.2) is 0 Å². The van der Waals surface area contributed by atoms with Gasteiger partial charge in [-0.1, -0.05) is 180 Å². The molecule has 0 aliphatic heterocycles. The number of aromatic nitrogens is 2. The van der Waals surface area contributed by atoms with Crippen molar-refractivity contribution in [2.75, 3.05) is 0 Å². The highest BCUT2D eigenvalue weighted by Crippen LogP contribution is 2.34. The lowest BCUT2D eigenvalue weighted by Crippen LogP contribution is -1.95. The Bertz CT molecular complexity index is 2250. The first kappa shape index (κ1) is 33.3.